The van der Waals surface area contributed by atoms with Crippen molar-refractivity contribution >= 4 is 46.8 Å². The lowest BCUT2D eigenvalue weighted by molar-refractivity contribution is -0.154. The van der Waals surface area contributed by atoms with Crippen LogP contribution in [0.25, 0.3) is 0 Å². The summed E-state index contributed by atoms with van der Waals surface area (Å²) in [6, 6.07) is 14.5. The molecule has 0 bridgehead atoms. The number of likely N-dealkylation sites (tertiary alicyclic amines) is 1. The molecule has 2 amide bonds. The maximum absolute atomic E-state index is 14.6. The Bertz CT molecular complexity index is 1370. The summed E-state index contributed by atoms with van der Waals surface area (Å²) in [6.07, 6.45) is 8.46. The Labute approximate surface area is 236 Å². The van der Waals surface area contributed by atoms with Gasteiger partial charge in [0.1, 0.15) is 6.04 Å². The van der Waals surface area contributed by atoms with E-state index in [2.05, 4.69) is 0 Å². The van der Waals surface area contributed by atoms with Gasteiger partial charge in [0, 0.05) is 22.0 Å². The molecular formula is C30H29ClN2O5S. The number of rotatable bonds is 4. The molecule has 202 valence electrons. The summed E-state index contributed by atoms with van der Waals surface area (Å²) in [5.41, 5.74) is 1.37. The monoisotopic (exact) mass is 564 g/mol. The van der Waals surface area contributed by atoms with E-state index in [0.717, 1.165) is 5.56 Å². The van der Waals surface area contributed by atoms with Crippen molar-refractivity contribution in [3.05, 3.63) is 89.5 Å². The fourth-order valence-electron chi connectivity index (χ4n) is 6.65. The lowest BCUT2D eigenvalue weighted by Gasteiger charge is -2.40. The molecule has 4 aliphatic heterocycles. The standard InChI is InChI=1S/C30H29ClN2O5S/c1-29-14-5-6-17-38-28(37)24(29)23-26(35)33(22(18-34)19-8-3-2-4-9-19)25-27(36)32(16-7-15-30(23,25)39-29)21-12-10-20(31)11-13-21/h2-5,7-15,22-25,34H,6,16-18H2,1H3/t22-,23+,24+,25?,29-,30+/m1/s1. The first-order valence-electron chi connectivity index (χ1n) is 13.1. The zero-order chi connectivity index (χ0) is 27.4. The highest BCUT2D eigenvalue weighted by Gasteiger charge is 2.74. The zero-order valence-electron chi connectivity index (χ0n) is 21.4. The van der Waals surface area contributed by atoms with Gasteiger partial charge in [-0.3, -0.25) is 14.4 Å². The molecule has 1 N–H and O–H groups in total. The van der Waals surface area contributed by atoms with Crippen LogP contribution >= 0.6 is 23.4 Å². The van der Waals surface area contributed by atoms with Crippen LogP contribution in [0.1, 0.15) is 24.9 Å². The number of thioether (sulfide) groups is 1. The molecule has 6 rings (SSSR count). The quantitative estimate of drug-likeness (QED) is 0.443. The van der Waals surface area contributed by atoms with Gasteiger partial charge in [-0.2, -0.15) is 0 Å². The summed E-state index contributed by atoms with van der Waals surface area (Å²) in [5, 5.41) is 11.2. The van der Waals surface area contributed by atoms with Crippen LogP contribution in [0.2, 0.25) is 5.02 Å². The largest absolute Gasteiger partial charge is 0.465 e. The van der Waals surface area contributed by atoms with Crippen molar-refractivity contribution in [1.29, 1.82) is 0 Å². The summed E-state index contributed by atoms with van der Waals surface area (Å²) >= 11 is 7.61. The summed E-state index contributed by atoms with van der Waals surface area (Å²) in [5.74, 6) is -2.64. The second-order valence-corrected chi connectivity index (χ2v) is 12.8. The molecule has 4 heterocycles. The van der Waals surface area contributed by atoms with Crippen molar-refractivity contribution in [2.75, 3.05) is 24.7 Å². The van der Waals surface area contributed by atoms with Gasteiger partial charge in [0.05, 0.1) is 35.8 Å². The first-order valence-corrected chi connectivity index (χ1v) is 14.3. The van der Waals surface area contributed by atoms with Gasteiger partial charge in [-0.1, -0.05) is 66.2 Å². The maximum atomic E-state index is 14.6. The van der Waals surface area contributed by atoms with Gasteiger partial charge in [0.2, 0.25) is 5.91 Å². The molecular weight excluding hydrogens is 536 g/mol. The van der Waals surface area contributed by atoms with Crippen LogP contribution in [0.3, 0.4) is 0 Å². The molecule has 0 radical (unpaired) electrons. The van der Waals surface area contributed by atoms with Gasteiger partial charge in [-0.05, 0) is 43.2 Å². The highest BCUT2D eigenvalue weighted by molar-refractivity contribution is 8.02. The van der Waals surface area contributed by atoms with Gasteiger partial charge in [-0.25, -0.2) is 0 Å². The van der Waals surface area contributed by atoms with Crippen LogP contribution in [0.5, 0.6) is 0 Å². The third kappa shape index (κ3) is 4.03. The van der Waals surface area contributed by atoms with E-state index in [9.17, 15) is 19.5 Å². The fraction of sp³-hybridized carbons (Fsp3) is 0.367. The Morgan fingerprint density at radius 2 is 1.77 bits per heavy atom. The number of cyclic esters (lactones) is 1. The molecule has 0 aromatic heterocycles. The van der Waals surface area contributed by atoms with Crippen molar-refractivity contribution in [2.45, 2.75) is 34.9 Å². The number of carbonyl (C=O) groups excluding carboxylic acids is 3. The summed E-state index contributed by atoms with van der Waals surface area (Å²) in [4.78, 5) is 45.8. The number of hydrogen-bond acceptors (Lipinski definition) is 6. The topological polar surface area (TPSA) is 87.1 Å². The molecule has 1 spiro atoms. The van der Waals surface area contributed by atoms with Gasteiger partial charge in [-0.15, -0.1) is 11.8 Å². The first-order chi connectivity index (χ1) is 18.8. The number of halogens is 1. The lowest BCUT2D eigenvalue weighted by atomic mass is 9.74. The first kappa shape index (κ1) is 26.2. The fourth-order valence-corrected chi connectivity index (χ4v) is 8.91. The van der Waals surface area contributed by atoms with Crippen LogP contribution in [0.15, 0.2) is 78.9 Å². The van der Waals surface area contributed by atoms with Crippen LogP contribution in [0, 0.1) is 11.8 Å². The van der Waals surface area contributed by atoms with E-state index in [1.807, 2.05) is 61.6 Å². The van der Waals surface area contributed by atoms with E-state index in [1.54, 1.807) is 29.2 Å². The molecule has 2 fully saturated rings. The molecule has 0 aliphatic carbocycles. The number of aliphatic hydroxyl groups is 1. The van der Waals surface area contributed by atoms with Crippen LogP contribution in [-0.4, -0.2) is 63.1 Å². The number of aliphatic hydroxyl groups excluding tert-OH is 1. The molecule has 7 nitrogen and oxygen atoms in total. The van der Waals surface area contributed by atoms with Crippen LogP contribution in [-0.2, 0) is 19.1 Å². The minimum atomic E-state index is -1.04. The minimum Gasteiger partial charge on any atom is -0.465 e. The molecule has 9 heteroatoms. The predicted molar refractivity (Wildman–Crippen MR) is 150 cm³/mol. The van der Waals surface area contributed by atoms with Crippen molar-refractivity contribution < 1.29 is 24.2 Å². The predicted octanol–water partition coefficient (Wildman–Crippen LogP) is 4.17. The number of carbonyl (C=O) groups is 3. The molecule has 6 atom stereocenters. The number of benzene rings is 2. The average Bonchev–Trinajstić information content (AvgIpc) is 3.24. The van der Waals surface area contributed by atoms with E-state index >= 15 is 0 Å². The third-order valence-electron chi connectivity index (χ3n) is 8.29. The van der Waals surface area contributed by atoms with Crippen LogP contribution in [0.4, 0.5) is 5.69 Å². The maximum Gasteiger partial charge on any atom is 0.311 e. The summed E-state index contributed by atoms with van der Waals surface area (Å²) in [6.45, 7) is 2.12. The van der Waals surface area contributed by atoms with Crippen molar-refractivity contribution in [3.8, 4) is 0 Å². The minimum absolute atomic E-state index is 0.246. The molecule has 2 saturated heterocycles. The molecule has 4 aliphatic rings. The highest BCUT2D eigenvalue weighted by Crippen LogP contribution is 2.66. The Hall–Kier alpha value is -3.07. The van der Waals surface area contributed by atoms with Crippen molar-refractivity contribution in [2.24, 2.45) is 11.8 Å². The number of amides is 2. The van der Waals surface area contributed by atoms with Gasteiger partial charge in [0.15, 0.2) is 0 Å². The third-order valence-corrected chi connectivity index (χ3v) is 10.3. The molecule has 0 saturated carbocycles. The number of fused-ring (bicyclic) bond motifs is 2. The molecule has 1 unspecified atom stereocenters. The summed E-state index contributed by atoms with van der Waals surface area (Å²) < 4.78 is 3.82. The molecule has 39 heavy (non-hydrogen) atoms. The lowest BCUT2D eigenvalue weighted by Crippen LogP contribution is -2.54. The normalized spacial score (nSPS) is 32.6. The molecule has 2 aromatic rings. The summed E-state index contributed by atoms with van der Waals surface area (Å²) in [7, 11) is 0. The van der Waals surface area contributed by atoms with E-state index < -0.39 is 39.4 Å². The Balaban J connectivity index is 1.54. The van der Waals surface area contributed by atoms with Crippen molar-refractivity contribution in [3.63, 3.8) is 0 Å². The number of anilines is 1. The highest BCUT2D eigenvalue weighted by atomic mass is 35.5. The SMILES string of the molecule is C[C@@]12C=CCCOC(=O)[C@@H]1[C@H]1C(=O)N([C@H](CO)c3ccccc3)C3C(=O)N(c4ccc(Cl)cc4)CC=C[C@@]31S2. The zero-order valence-corrected chi connectivity index (χ0v) is 23.0. The smallest absolute Gasteiger partial charge is 0.311 e. The van der Waals surface area contributed by atoms with E-state index in [1.165, 1.54) is 16.7 Å². The number of ether oxygens (including phenoxy) is 1. The van der Waals surface area contributed by atoms with Gasteiger partial charge >= 0.3 is 5.97 Å². The average molecular weight is 565 g/mol. The molecule has 2 aromatic carbocycles. The second kappa shape index (κ2) is 9.84. The van der Waals surface area contributed by atoms with E-state index in [4.69, 9.17) is 16.3 Å². The number of hydrogen-bond donors (Lipinski definition) is 1. The second-order valence-electron chi connectivity index (χ2n) is 10.5. The number of esters is 1. The van der Waals surface area contributed by atoms with Crippen molar-refractivity contribution in [1.82, 2.24) is 4.90 Å². The van der Waals surface area contributed by atoms with Gasteiger partial charge in [0.25, 0.3) is 5.91 Å². The Kier molecular flexibility index (Phi) is 6.60. The number of nitrogens with zero attached hydrogens (tertiary/aromatic N) is 2. The van der Waals surface area contributed by atoms with E-state index in [0.29, 0.717) is 23.7 Å². The Morgan fingerprint density at radius 1 is 1.03 bits per heavy atom. The van der Waals surface area contributed by atoms with Gasteiger partial charge < -0.3 is 19.6 Å². The Morgan fingerprint density at radius 3 is 2.49 bits per heavy atom. The van der Waals surface area contributed by atoms with Crippen LogP contribution < -0.4 is 4.90 Å². The van der Waals surface area contributed by atoms with E-state index in [-0.39, 0.29) is 25.0 Å².